The van der Waals surface area contributed by atoms with Gasteiger partial charge in [0, 0.05) is 23.4 Å². The van der Waals surface area contributed by atoms with Crippen LogP contribution in [-0.2, 0) is 11.2 Å². The molecule has 0 saturated carbocycles. The van der Waals surface area contributed by atoms with Crippen molar-refractivity contribution < 1.29 is 9.72 Å². The second kappa shape index (κ2) is 5.44. The molecule has 1 aliphatic rings. The molecule has 0 spiro atoms. The van der Waals surface area contributed by atoms with Crippen LogP contribution in [0.25, 0.3) is 0 Å². The van der Waals surface area contributed by atoms with Crippen molar-refractivity contribution >= 4 is 29.0 Å². The number of nitrogens with zero attached hydrogens (tertiary/aromatic N) is 2. The van der Waals surface area contributed by atoms with Gasteiger partial charge in [-0.05, 0) is 12.0 Å². The summed E-state index contributed by atoms with van der Waals surface area (Å²) in [7, 11) is 0. The molecule has 0 N–H and O–H groups in total. The van der Waals surface area contributed by atoms with Crippen LogP contribution in [0.3, 0.4) is 0 Å². The van der Waals surface area contributed by atoms with Gasteiger partial charge in [0.25, 0.3) is 5.69 Å². The summed E-state index contributed by atoms with van der Waals surface area (Å²) < 4.78 is 0.0287. The summed E-state index contributed by atoms with van der Waals surface area (Å²) in [5, 5.41) is 10.8. The predicted octanol–water partition coefficient (Wildman–Crippen LogP) is 3.02. The number of hydrogen-bond acceptors (Lipinski definition) is 4. The first kappa shape index (κ1) is 14.8. The molecule has 1 amide bonds. The van der Waals surface area contributed by atoms with E-state index < -0.39 is 4.92 Å². The van der Waals surface area contributed by atoms with E-state index in [0.717, 1.165) is 12.0 Å². The van der Waals surface area contributed by atoms with Crippen LogP contribution in [0, 0.1) is 10.1 Å². The molecule has 0 aromatic heterocycles. The van der Waals surface area contributed by atoms with E-state index in [1.54, 1.807) is 22.7 Å². The molecule has 1 aliphatic heterocycles. The van der Waals surface area contributed by atoms with Crippen LogP contribution in [0.1, 0.15) is 26.3 Å². The number of amides is 1. The second-order valence-corrected chi connectivity index (χ2v) is 7.57. The fourth-order valence-corrected chi connectivity index (χ4v) is 2.81. The fourth-order valence-electron chi connectivity index (χ4n) is 2.10. The monoisotopic (exact) mass is 294 g/mol. The van der Waals surface area contributed by atoms with E-state index in [4.69, 9.17) is 0 Å². The lowest BCUT2D eigenvalue weighted by Gasteiger charge is -2.21. The van der Waals surface area contributed by atoms with E-state index in [1.807, 2.05) is 0 Å². The summed E-state index contributed by atoms with van der Waals surface area (Å²) in [6.07, 6.45) is 0.763. The molecule has 1 aromatic rings. The van der Waals surface area contributed by atoms with Gasteiger partial charge >= 0.3 is 0 Å². The highest BCUT2D eigenvalue weighted by atomic mass is 32.2. The Bertz CT molecular complexity index is 552. The van der Waals surface area contributed by atoms with Crippen molar-refractivity contribution in [1.29, 1.82) is 0 Å². The largest absolute Gasteiger partial charge is 0.311 e. The minimum atomic E-state index is -0.425. The Morgan fingerprint density at radius 2 is 2.15 bits per heavy atom. The highest BCUT2D eigenvalue weighted by molar-refractivity contribution is 8.01. The van der Waals surface area contributed by atoms with Crippen molar-refractivity contribution in [1.82, 2.24) is 0 Å². The third-order valence-electron chi connectivity index (χ3n) is 3.10. The van der Waals surface area contributed by atoms with Gasteiger partial charge in [0.05, 0.1) is 16.4 Å². The Morgan fingerprint density at radius 3 is 2.75 bits per heavy atom. The topological polar surface area (TPSA) is 63.5 Å². The summed E-state index contributed by atoms with van der Waals surface area (Å²) in [6, 6.07) is 4.75. The molecule has 108 valence electrons. The second-order valence-electron chi connectivity index (χ2n) is 5.77. The molecule has 0 bridgehead atoms. The van der Waals surface area contributed by atoms with Gasteiger partial charge < -0.3 is 4.90 Å². The SMILES string of the molecule is CC(C)(C)SCC(=O)N1CCc2ccc([N+](=O)[O-])cc21. The van der Waals surface area contributed by atoms with Gasteiger partial charge in [0.1, 0.15) is 0 Å². The Kier molecular flexibility index (Phi) is 4.04. The standard InChI is InChI=1S/C14H18N2O3S/c1-14(2,3)20-9-13(17)15-7-6-10-4-5-11(16(18)19)8-12(10)15/h4-5,8H,6-7,9H2,1-3H3. The molecule has 6 heteroatoms. The van der Waals surface area contributed by atoms with E-state index in [9.17, 15) is 14.9 Å². The van der Waals surface area contributed by atoms with Crippen molar-refractivity contribution in [2.45, 2.75) is 31.9 Å². The highest BCUT2D eigenvalue weighted by Gasteiger charge is 2.27. The van der Waals surface area contributed by atoms with Crippen LogP contribution in [0.15, 0.2) is 18.2 Å². The molecule has 0 radical (unpaired) electrons. The number of hydrogen-bond donors (Lipinski definition) is 0. The average molecular weight is 294 g/mol. The molecule has 0 saturated heterocycles. The summed E-state index contributed by atoms with van der Waals surface area (Å²) in [5.41, 5.74) is 1.73. The maximum Gasteiger partial charge on any atom is 0.271 e. The van der Waals surface area contributed by atoms with E-state index in [0.29, 0.717) is 18.0 Å². The van der Waals surface area contributed by atoms with E-state index in [-0.39, 0.29) is 16.3 Å². The summed E-state index contributed by atoms with van der Waals surface area (Å²) >= 11 is 1.59. The lowest BCUT2D eigenvalue weighted by atomic mass is 10.1. The summed E-state index contributed by atoms with van der Waals surface area (Å²) in [5.74, 6) is 0.412. The Balaban J connectivity index is 2.16. The molecular formula is C14H18N2O3S. The molecule has 20 heavy (non-hydrogen) atoms. The number of fused-ring (bicyclic) bond motifs is 1. The summed E-state index contributed by atoms with van der Waals surface area (Å²) in [4.78, 5) is 24.3. The Hall–Kier alpha value is -1.56. The Morgan fingerprint density at radius 1 is 1.45 bits per heavy atom. The minimum absolute atomic E-state index is 0.0178. The van der Waals surface area contributed by atoms with Gasteiger partial charge in [-0.2, -0.15) is 0 Å². The number of thioether (sulfide) groups is 1. The normalized spacial score (nSPS) is 14.2. The zero-order chi connectivity index (χ0) is 14.9. The molecular weight excluding hydrogens is 276 g/mol. The lowest BCUT2D eigenvalue weighted by Crippen LogP contribution is -2.31. The molecule has 0 fully saturated rings. The van der Waals surface area contributed by atoms with Gasteiger partial charge in [-0.3, -0.25) is 14.9 Å². The van der Waals surface area contributed by atoms with Crippen molar-refractivity contribution in [3.8, 4) is 0 Å². The third kappa shape index (κ3) is 3.30. The van der Waals surface area contributed by atoms with Gasteiger partial charge in [-0.1, -0.05) is 26.8 Å². The number of nitro benzene ring substituents is 1. The quantitative estimate of drug-likeness (QED) is 0.635. The van der Waals surface area contributed by atoms with Crippen LogP contribution < -0.4 is 4.90 Å². The predicted molar refractivity (Wildman–Crippen MR) is 81.4 cm³/mol. The van der Waals surface area contributed by atoms with Crippen LogP contribution in [0.5, 0.6) is 0 Å². The van der Waals surface area contributed by atoms with Crippen LogP contribution in [0.4, 0.5) is 11.4 Å². The maximum atomic E-state index is 12.3. The van der Waals surface area contributed by atoms with Gasteiger partial charge in [0.2, 0.25) is 5.91 Å². The van der Waals surface area contributed by atoms with Crippen LogP contribution >= 0.6 is 11.8 Å². The molecule has 5 nitrogen and oxygen atoms in total. The number of carbonyl (C=O) groups is 1. The average Bonchev–Trinajstić information content (AvgIpc) is 2.77. The number of nitro groups is 1. The third-order valence-corrected chi connectivity index (χ3v) is 4.36. The summed E-state index contributed by atoms with van der Waals surface area (Å²) in [6.45, 7) is 6.80. The lowest BCUT2D eigenvalue weighted by molar-refractivity contribution is -0.384. The number of rotatable bonds is 3. The minimum Gasteiger partial charge on any atom is -0.311 e. The molecule has 1 heterocycles. The van der Waals surface area contributed by atoms with Gasteiger partial charge in [0.15, 0.2) is 0 Å². The van der Waals surface area contributed by atoms with Crippen molar-refractivity contribution in [2.24, 2.45) is 0 Å². The number of anilines is 1. The zero-order valence-corrected chi connectivity index (χ0v) is 12.7. The van der Waals surface area contributed by atoms with E-state index in [2.05, 4.69) is 20.8 Å². The molecule has 0 unspecified atom stereocenters. The van der Waals surface area contributed by atoms with Gasteiger partial charge in [-0.15, -0.1) is 11.8 Å². The molecule has 1 aromatic carbocycles. The molecule has 0 atom stereocenters. The van der Waals surface area contributed by atoms with Crippen LogP contribution in [-0.4, -0.2) is 27.9 Å². The molecule has 2 rings (SSSR count). The van der Waals surface area contributed by atoms with Crippen molar-refractivity contribution in [3.63, 3.8) is 0 Å². The number of carbonyl (C=O) groups excluding carboxylic acids is 1. The highest BCUT2D eigenvalue weighted by Crippen LogP contribution is 2.33. The number of benzene rings is 1. The van der Waals surface area contributed by atoms with Gasteiger partial charge in [-0.25, -0.2) is 0 Å². The Labute approximate surface area is 122 Å². The van der Waals surface area contributed by atoms with Crippen molar-refractivity contribution in [3.05, 3.63) is 33.9 Å². The number of non-ortho nitro benzene ring substituents is 1. The fraction of sp³-hybridized carbons (Fsp3) is 0.500. The maximum absolute atomic E-state index is 12.3. The van der Waals surface area contributed by atoms with E-state index in [1.165, 1.54) is 12.1 Å². The molecule has 0 aliphatic carbocycles. The first-order valence-corrected chi connectivity index (χ1v) is 7.48. The first-order valence-electron chi connectivity index (χ1n) is 6.49. The smallest absolute Gasteiger partial charge is 0.271 e. The van der Waals surface area contributed by atoms with Crippen molar-refractivity contribution in [2.75, 3.05) is 17.2 Å². The zero-order valence-electron chi connectivity index (χ0n) is 11.9. The first-order chi connectivity index (χ1) is 9.28. The van der Waals surface area contributed by atoms with E-state index >= 15 is 0 Å². The van der Waals surface area contributed by atoms with Crippen LogP contribution in [0.2, 0.25) is 0 Å².